The van der Waals surface area contributed by atoms with Crippen molar-refractivity contribution in [2.45, 2.75) is 51.1 Å². The highest BCUT2D eigenvalue weighted by Gasteiger charge is 2.23. The molecule has 1 aromatic heterocycles. The van der Waals surface area contributed by atoms with Crippen LogP contribution in [0.4, 0.5) is 0 Å². The molecule has 0 radical (unpaired) electrons. The topological polar surface area (TPSA) is 21.1 Å². The Morgan fingerprint density at radius 2 is 2.19 bits per heavy atom. The first kappa shape index (κ1) is 14.9. The molecule has 1 fully saturated rings. The molecule has 0 spiro atoms. The number of fused-ring (bicyclic) bond motifs is 1. The first-order valence-electron chi connectivity index (χ1n) is 7.88. The van der Waals surface area contributed by atoms with Crippen molar-refractivity contribution in [2.24, 2.45) is 0 Å². The Labute approximate surface area is 131 Å². The predicted molar refractivity (Wildman–Crippen MR) is 89.0 cm³/mol. The normalized spacial score (nSPS) is 21.8. The van der Waals surface area contributed by atoms with Crippen LogP contribution in [0.15, 0.2) is 18.2 Å². The van der Waals surface area contributed by atoms with Gasteiger partial charge in [-0.3, -0.25) is 0 Å². The number of piperidine rings is 1. The number of alkyl halides is 1. The molecule has 0 saturated carbocycles. The molecule has 2 unspecified atom stereocenters. The molecule has 1 aromatic carbocycles. The minimum Gasteiger partial charge on any atom is -0.325 e. The Balaban J connectivity index is 2.03. The standard InChI is InChI=1S/C17H24ClN3/c1-12-7-6-9-15-16(12)19-17(13(2)18)21(15)11-14-8-4-5-10-20(14)3/h6-7,9,13-14H,4-5,8,10-11H2,1-3H3. The minimum absolute atomic E-state index is 0.0642. The Hall–Kier alpha value is -1.06. The fourth-order valence-electron chi connectivity index (χ4n) is 3.39. The second-order valence-electron chi connectivity index (χ2n) is 6.27. The van der Waals surface area contributed by atoms with Crippen LogP contribution in [0, 0.1) is 6.92 Å². The molecular weight excluding hydrogens is 282 g/mol. The highest BCUT2D eigenvalue weighted by molar-refractivity contribution is 6.20. The van der Waals surface area contributed by atoms with Gasteiger partial charge in [0.1, 0.15) is 5.82 Å². The lowest BCUT2D eigenvalue weighted by Crippen LogP contribution is -2.39. The number of benzene rings is 1. The molecule has 0 aliphatic carbocycles. The summed E-state index contributed by atoms with van der Waals surface area (Å²) in [5.74, 6) is 1.000. The van der Waals surface area contributed by atoms with E-state index in [0.29, 0.717) is 6.04 Å². The Bertz CT molecular complexity index is 632. The number of aromatic nitrogens is 2. The lowest BCUT2D eigenvalue weighted by Gasteiger charge is -2.33. The van der Waals surface area contributed by atoms with E-state index in [1.165, 1.54) is 36.9 Å². The van der Waals surface area contributed by atoms with Gasteiger partial charge in [-0.1, -0.05) is 18.6 Å². The van der Waals surface area contributed by atoms with Gasteiger partial charge < -0.3 is 9.47 Å². The lowest BCUT2D eigenvalue weighted by atomic mass is 10.0. The molecule has 114 valence electrons. The molecule has 2 aromatic rings. The monoisotopic (exact) mass is 305 g/mol. The highest BCUT2D eigenvalue weighted by atomic mass is 35.5. The van der Waals surface area contributed by atoms with E-state index in [4.69, 9.17) is 16.6 Å². The van der Waals surface area contributed by atoms with Gasteiger partial charge in [-0.2, -0.15) is 0 Å². The van der Waals surface area contributed by atoms with Crippen LogP contribution in [-0.2, 0) is 6.54 Å². The van der Waals surface area contributed by atoms with Crippen LogP contribution < -0.4 is 0 Å². The van der Waals surface area contributed by atoms with Crippen molar-refractivity contribution in [3.05, 3.63) is 29.6 Å². The zero-order valence-electron chi connectivity index (χ0n) is 13.1. The molecule has 3 rings (SSSR count). The van der Waals surface area contributed by atoms with E-state index in [2.05, 4.69) is 41.6 Å². The summed E-state index contributed by atoms with van der Waals surface area (Å²) < 4.78 is 2.34. The third kappa shape index (κ3) is 2.82. The average Bonchev–Trinajstić information content (AvgIpc) is 2.82. The highest BCUT2D eigenvalue weighted by Crippen LogP contribution is 2.28. The number of nitrogens with zero attached hydrogens (tertiary/aromatic N) is 3. The molecule has 1 saturated heterocycles. The third-order valence-electron chi connectivity index (χ3n) is 4.68. The molecule has 0 amide bonds. The van der Waals surface area contributed by atoms with E-state index in [-0.39, 0.29) is 5.38 Å². The van der Waals surface area contributed by atoms with Crippen molar-refractivity contribution in [1.29, 1.82) is 0 Å². The summed E-state index contributed by atoms with van der Waals surface area (Å²) in [6.07, 6.45) is 3.90. The number of halogens is 1. The first-order chi connectivity index (χ1) is 10.1. The largest absolute Gasteiger partial charge is 0.325 e. The van der Waals surface area contributed by atoms with E-state index in [1.54, 1.807) is 0 Å². The van der Waals surface area contributed by atoms with Gasteiger partial charge >= 0.3 is 0 Å². The summed E-state index contributed by atoms with van der Waals surface area (Å²) in [4.78, 5) is 7.29. The van der Waals surface area contributed by atoms with Crippen molar-refractivity contribution >= 4 is 22.6 Å². The molecule has 0 N–H and O–H groups in total. The van der Waals surface area contributed by atoms with Gasteiger partial charge in [-0.25, -0.2) is 4.98 Å². The number of para-hydroxylation sites is 1. The van der Waals surface area contributed by atoms with Crippen LogP contribution >= 0.6 is 11.6 Å². The zero-order chi connectivity index (χ0) is 15.0. The molecule has 2 heterocycles. The quantitative estimate of drug-likeness (QED) is 0.795. The van der Waals surface area contributed by atoms with Gasteiger partial charge in [0, 0.05) is 12.6 Å². The molecule has 4 heteroatoms. The number of likely N-dealkylation sites (tertiary alicyclic amines) is 1. The smallest absolute Gasteiger partial charge is 0.127 e. The van der Waals surface area contributed by atoms with Crippen LogP contribution in [0.3, 0.4) is 0 Å². The number of hydrogen-bond donors (Lipinski definition) is 0. The second kappa shape index (κ2) is 5.98. The molecule has 1 aliphatic rings. The van der Waals surface area contributed by atoms with Gasteiger partial charge in [-0.15, -0.1) is 11.6 Å². The fraction of sp³-hybridized carbons (Fsp3) is 0.588. The van der Waals surface area contributed by atoms with Crippen molar-refractivity contribution in [3.8, 4) is 0 Å². The molecular formula is C17H24ClN3. The maximum atomic E-state index is 6.39. The van der Waals surface area contributed by atoms with E-state index in [1.807, 2.05) is 6.92 Å². The third-order valence-corrected chi connectivity index (χ3v) is 4.88. The summed E-state index contributed by atoms with van der Waals surface area (Å²) in [6, 6.07) is 6.99. The summed E-state index contributed by atoms with van der Waals surface area (Å²) in [5, 5.41) is -0.0642. The van der Waals surface area contributed by atoms with Gasteiger partial charge in [0.05, 0.1) is 16.4 Å². The number of aryl methyl sites for hydroxylation is 1. The number of likely N-dealkylation sites (N-methyl/N-ethyl adjacent to an activating group) is 1. The molecule has 0 bridgehead atoms. The van der Waals surface area contributed by atoms with Crippen LogP contribution in [0.1, 0.15) is 43.0 Å². The van der Waals surface area contributed by atoms with E-state index in [0.717, 1.165) is 17.9 Å². The average molecular weight is 306 g/mol. The van der Waals surface area contributed by atoms with Crippen molar-refractivity contribution in [2.75, 3.05) is 13.6 Å². The Morgan fingerprint density at radius 3 is 2.90 bits per heavy atom. The summed E-state index contributed by atoms with van der Waals surface area (Å²) in [5.41, 5.74) is 3.54. The zero-order valence-corrected chi connectivity index (χ0v) is 13.9. The summed E-state index contributed by atoms with van der Waals surface area (Å²) in [7, 11) is 2.23. The van der Waals surface area contributed by atoms with Crippen LogP contribution in [0.2, 0.25) is 0 Å². The van der Waals surface area contributed by atoms with Gasteiger partial charge in [0.2, 0.25) is 0 Å². The van der Waals surface area contributed by atoms with Gasteiger partial charge in [0.25, 0.3) is 0 Å². The molecule has 3 nitrogen and oxygen atoms in total. The van der Waals surface area contributed by atoms with E-state index >= 15 is 0 Å². The van der Waals surface area contributed by atoms with Crippen molar-refractivity contribution < 1.29 is 0 Å². The number of rotatable bonds is 3. The predicted octanol–water partition coefficient (Wildman–Crippen LogP) is 4.13. The Kier molecular flexibility index (Phi) is 4.23. The SMILES string of the molecule is Cc1cccc2c1nc(C(C)Cl)n2CC1CCCCN1C. The first-order valence-corrected chi connectivity index (χ1v) is 8.31. The maximum absolute atomic E-state index is 6.39. The fourth-order valence-corrected chi connectivity index (χ4v) is 3.55. The van der Waals surface area contributed by atoms with Crippen molar-refractivity contribution in [1.82, 2.24) is 14.5 Å². The number of imidazole rings is 1. The second-order valence-corrected chi connectivity index (χ2v) is 6.92. The summed E-state index contributed by atoms with van der Waals surface area (Å²) >= 11 is 6.39. The van der Waals surface area contributed by atoms with E-state index in [9.17, 15) is 0 Å². The minimum atomic E-state index is -0.0642. The van der Waals surface area contributed by atoms with Crippen LogP contribution in [0.5, 0.6) is 0 Å². The molecule has 21 heavy (non-hydrogen) atoms. The van der Waals surface area contributed by atoms with E-state index < -0.39 is 0 Å². The number of hydrogen-bond acceptors (Lipinski definition) is 2. The maximum Gasteiger partial charge on any atom is 0.127 e. The van der Waals surface area contributed by atoms with Crippen LogP contribution in [0.25, 0.3) is 11.0 Å². The summed E-state index contributed by atoms with van der Waals surface area (Å²) in [6.45, 7) is 6.32. The molecule has 2 atom stereocenters. The van der Waals surface area contributed by atoms with Gasteiger partial charge in [-0.05, 0) is 51.9 Å². The van der Waals surface area contributed by atoms with Crippen LogP contribution in [-0.4, -0.2) is 34.1 Å². The Morgan fingerprint density at radius 1 is 1.38 bits per heavy atom. The van der Waals surface area contributed by atoms with Gasteiger partial charge in [0.15, 0.2) is 0 Å². The lowest BCUT2D eigenvalue weighted by molar-refractivity contribution is 0.167. The van der Waals surface area contributed by atoms with Crippen molar-refractivity contribution in [3.63, 3.8) is 0 Å². The molecule has 1 aliphatic heterocycles.